The number of benzene rings is 2. The van der Waals surface area contributed by atoms with Gasteiger partial charge in [0, 0.05) is 38.1 Å². The molecule has 1 fully saturated rings. The Morgan fingerprint density at radius 1 is 1.08 bits per heavy atom. The van der Waals surface area contributed by atoms with Crippen LogP contribution in [0.1, 0.15) is 16.7 Å². The molecule has 0 unspecified atom stereocenters. The number of hydrogen-bond acceptors (Lipinski definition) is 2. The van der Waals surface area contributed by atoms with Crippen LogP contribution in [0.25, 0.3) is 6.08 Å². The number of hydrogen-bond donors (Lipinski definition) is 1. The van der Waals surface area contributed by atoms with Crippen LogP contribution in [0.4, 0.5) is 14.9 Å². The minimum atomic E-state index is -0.291. The molecule has 1 aliphatic rings. The third-order valence-corrected chi connectivity index (χ3v) is 4.81. The molecule has 1 aliphatic heterocycles. The molecule has 2 aromatic rings. The summed E-state index contributed by atoms with van der Waals surface area (Å²) in [6.07, 6.45) is 3.25. The number of anilines is 1. The van der Waals surface area contributed by atoms with Gasteiger partial charge in [-0.2, -0.15) is 0 Å². The van der Waals surface area contributed by atoms with Gasteiger partial charge in [0.2, 0.25) is 0 Å². The number of nitrogens with zero attached hydrogens (tertiary/aromatic N) is 2. The summed E-state index contributed by atoms with van der Waals surface area (Å²) in [5, 5.41) is 2.76. The van der Waals surface area contributed by atoms with Crippen molar-refractivity contribution >= 4 is 17.8 Å². The number of urea groups is 1. The first-order valence-corrected chi connectivity index (χ1v) is 8.83. The third-order valence-electron chi connectivity index (χ3n) is 4.81. The number of piperazine rings is 1. The van der Waals surface area contributed by atoms with E-state index in [1.54, 1.807) is 29.3 Å². The van der Waals surface area contributed by atoms with Crippen LogP contribution < -0.4 is 10.2 Å². The fourth-order valence-electron chi connectivity index (χ4n) is 3.14. The van der Waals surface area contributed by atoms with E-state index < -0.39 is 0 Å². The molecule has 0 aromatic heterocycles. The highest BCUT2D eigenvalue weighted by Gasteiger charge is 2.21. The summed E-state index contributed by atoms with van der Waals surface area (Å²) in [6.45, 7) is 7.23. The Morgan fingerprint density at radius 3 is 2.54 bits per heavy atom. The van der Waals surface area contributed by atoms with E-state index >= 15 is 0 Å². The first-order valence-electron chi connectivity index (χ1n) is 8.83. The molecular formula is C21H24FN3O. The average Bonchev–Trinajstić information content (AvgIpc) is 2.64. The molecule has 136 valence electrons. The lowest BCUT2D eigenvalue weighted by Gasteiger charge is -2.36. The van der Waals surface area contributed by atoms with E-state index in [1.165, 1.54) is 28.9 Å². The van der Waals surface area contributed by atoms with Crippen LogP contribution in [-0.2, 0) is 0 Å². The molecule has 26 heavy (non-hydrogen) atoms. The maximum Gasteiger partial charge on any atom is 0.321 e. The van der Waals surface area contributed by atoms with Crippen molar-refractivity contribution in [2.45, 2.75) is 13.8 Å². The first-order chi connectivity index (χ1) is 12.5. The van der Waals surface area contributed by atoms with Gasteiger partial charge >= 0.3 is 6.03 Å². The normalized spacial score (nSPS) is 14.7. The van der Waals surface area contributed by atoms with Crippen molar-refractivity contribution in [3.05, 3.63) is 71.2 Å². The second kappa shape index (κ2) is 8.04. The van der Waals surface area contributed by atoms with Crippen LogP contribution in [0.3, 0.4) is 0 Å². The van der Waals surface area contributed by atoms with Gasteiger partial charge in [-0.25, -0.2) is 9.18 Å². The number of carbonyl (C=O) groups is 1. The quantitative estimate of drug-likeness (QED) is 0.907. The monoisotopic (exact) mass is 353 g/mol. The molecule has 2 aromatic carbocycles. The Morgan fingerprint density at radius 2 is 1.81 bits per heavy atom. The highest BCUT2D eigenvalue weighted by Crippen LogP contribution is 2.23. The molecule has 0 spiro atoms. The van der Waals surface area contributed by atoms with Crippen LogP contribution >= 0.6 is 0 Å². The fraction of sp³-hybridized carbons (Fsp3) is 0.286. The summed E-state index contributed by atoms with van der Waals surface area (Å²) in [5.41, 5.74) is 4.54. The van der Waals surface area contributed by atoms with Crippen molar-refractivity contribution in [2.24, 2.45) is 0 Å². The molecule has 3 rings (SSSR count). The van der Waals surface area contributed by atoms with Crippen LogP contribution in [0.5, 0.6) is 0 Å². The number of nitrogens with one attached hydrogen (secondary N) is 1. The second-order valence-electron chi connectivity index (χ2n) is 6.53. The van der Waals surface area contributed by atoms with Crippen LogP contribution in [0, 0.1) is 19.7 Å². The van der Waals surface area contributed by atoms with E-state index in [0.29, 0.717) is 18.7 Å². The number of amides is 2. The Hall–Kier alpha value is -2.82. The van der Waals surface area contributed by atoms with Gasteiger partial charge in [0.15, 0.2) is 0 Å². The molecule has 0 bridgehead atoms. The lowest BCUT2D eigenvalue weighted by Crippen LogP contribution is -2.51. The largest absolute Gasteiger partial charge is 0.368 e. The number of aryl methyl sites for hydroxylation is 1. The smallest absolute Gasteiger partial charge is 0.321 e. The van der Waals surface area contributed by atoms with Crippen molar-refractivity contribution in [3.63, 3.8) is 0 Å². The van der Waals surface area contributed by atoms with E-state index in [-0.39, 0.29) is 11.8 Å². The Labute approximate surface area is 153 Å². The molecule has 0 atom stereocenters. The highest BCUT2D eigenvalue weighted by molar-refractivity contribution is 5.76. The van der Waals surface area contributed by atoms with E-state index in [1.807, 2.05) is 0 Å². The highest BCUT2D eigenvalue weighted by atomic mass is 19.1. The topological polar surface area (TPSA) is 35.6 Å². The van der Waals surface area contributed by atoms with E-state index in [9.17, 15) is 9.18 Å². The molecule has 4 nitrogen and oxygen atoms in total. The minimum absolute atomic E-state index is 0.127. The maximum atomic E-state index is 13.1. The summed E-state index contributed by atoms with van der Waals surface area (Å²) in [7, 11) is 0. The molecule has 1 saturated heterocycles. The number of halogens is 1. The summed E-state index contributed by atoms with van der Waals surface area (Å²) < 4.78 is 13.1. The second-order valence-corrected chi connectivity index (χ2v) is 6.53. The molecular weight excluding hydrogens is 329 g/mol. The lowest BCUT2D eigenvalue weighted by molar-refractivity contribution is 0.198. The first kappa shape index (κ1) is 18.0. The summed E-state index contributed by atoms with van der Waals surface area (Å²) >= 11 is 0. The van der Waals surface area contributed by atoms with E-state index in [2.05, 4.69) is 42.3 Å². The van der Waals surface area contributed by atoms with E-state index in [0.717, 1.165) is 13.1 Å². The fourth-order valence-corrected chi connectivity index (χ4v) is 3.14. The van der Waals surface area contributed by atoms with E-state index in [4.69, 9.17) is 0 Å². The minimum Gasteiger partial charge on any atom is -0.368 e. The summed E-state index contributed by atoms with van der Waals surface area (Å²) in [6, 6.07) is 12.5. The Balaban J connectivity index is 1.53. The molecule has 0 aliphatic carbocycles. The van der Waals surface area contributed by atoms with Crippen molar-refractivity contribution in [2.75, 3.05) is 31.1 Å². The Bertz CT molecular complexity index is 811. The van der Waals surface area contributed by atoms with Gasteiger partial charge in [0.05, 0.1) is 0 Å². The zero-order valence-electron chi connectivity index (χ0n) is 15.2. The molecule has 0 saturated carbocycles. The molecule has 2 amide bonds. The zero-order chi connectivity index (χ0) is 18.5. The predicted molar refractivity (Wildman–Crippen MR) is 104 cm³/mol. The van der Waals surface area contributed by atoms with Gasteiger partial charge in [-0.1, -0.05) is 24.3 Å². The van der Waals surface area contributed by atoms with Gasteiger partial charge in [-0.05, 0) is 54.8 Å². The van der Waals surface area contributed by atoms with Crippen LogP contribution in [0.2, 0.25) is 0 Å². The Kier molecular flexibility index (Phi) is 5.56. The maximum absolute atomic E-state index is 13.1. The average molecular weight is 353 g/mol. The summed E-state index contributed by atoms with van der Waals surface area (Å²) in [4.78, 5) is 16.4. The van der Waals surface area contributed by atoms with Gasteiger partial charge < -0.3 is 15.1 Å². The summed E-state index contributed by atoms with van der Waals surface area (Å²) in [5.74, 6) is -0.291. The zero-order valence-corrected chi connectivity index (χ0v) is 15.2. The van der Waals surface area contributed by atoms with Crippen LogP contribution in [-0.4, -0.2) is 37.1 Å². The van der Waals surface area contributed by atoms with Gasteiger partial charge in [-0.15, -0.1) is 0 Å². The number of carbonyl (C=O) groups excluding carboxylic acids is 1. The van der Waals surface area contributed by atoms with Crippen molar-refractivity contribution in [1.29, 1.82) is 0 Å². The van der Waals surface area contributed by atoms with Gasteiger partial charge in [-0.3, -0.25) is 0 Å². The van der Waals surface area contributed by atoms with Gasteiger partial charge in [0.1, 0.15) is 5.82 Å². The van der Waals surface area contributed by atoms with Crippen molar-refractivity contribution in [3.8, 4) is 0 Å². The third kappa shape index (κ3) is 4.23. The number of rotatable bonds is 3. The molecule has 5 heteroatoms. The molecule has 1 N–H and O–H groups in total. The SMILES string of the molecule is Cc1cccc(N2CCN(C(=O)N/C=C/c3cccc(F)c3)CC2)c1C. The van der Waals surface area contributed by atoms with Crippen LogP contribution in [0.15, 0.2) is 48.7 Å². The standard InChI is InChI=1S/C21H24FN3O/c1-16-5-3-8-20(17(16)2)24-11-13-25(14-12-24)21(26)23-10-9-18-6-4-7-19(22)15-18/h3-10,15H,11-14H2,1-2H3,(H,23,26)/b10-9+. The lowest BCUT2D eigenvalue weighted by atomic mass is 10.1. The molecule has 0 radical (unpaired) electrons. The van der Waals surface area contributed by atoms with Gasteiger partial charge in [0.25, 0.3) is 0 Å². The molecule has 1 heterocycles. The van der Waals surface area contributed by atoms with Crippen molar-refractivity contribution in [1.82, 2.24) is 10.2 Å². The van der Waals surface area contributed by atoms with Crippen molar-refractivity contribution < 1.29 is 9.18 Å². The predicted octanol–water partition coefficient (Wildman–Crippen LogP) is 3.95.